The van der Waals surface area contributed by atoms with Gasteiger partial charge in [0.1, 0.15) is 11.7 Å². The van der Waals surface area contributed by atoms with Gasteiger partial charge in [-0.2, -0.15) is 26.3 Å². The second-order valence-electron chi connectivity index (χ2n) is 6.15. The van der Waals surface area contributed by atoms with Gasteiger partial charge in [0.05, 0.1) is 20.6 Å². The fraction of sp³-hybridized carbons (Fsp3) is 0.211. The minimum absolute atomic E-state index is 0.0961. The van der Waals surface area contributed by atoms with Crippen LogP contribution < -0.4 is 0 Å². The highest BCUT2D eigenvalue weighted by atomic mass is 35.5. The predicted octanol–water partition coefficient (Wildman–Crippen LogP) is 8.52. The van der Waals surface area contributed by atoms with Crippen molar-refractivity contribution in [3.63, 3.8) is 0 Å². The number of rotatable bonds is 4. The first-order valence-corrected chi connectivity index (χ1v) is 9.07. The van der Waals surface area contributed by atoms with Gasteiger partial charge in [-0.05, 0) is 36.8 Å². The maximum Gasteiger partial charge on any atom is 0.417 e. The molecular weight excluding hydrogens is 484 g/mol. The van der Waals surface area contributed by atoms with E-state index in [0.717, 1.165) is 25.1 Å². The molecule has 0 aliphatic rings. The van der Waals surface area contributed by atoms with Crippen molar-refractivity contribution in [1.29, 1.82) is 0 Å². The van der Waals surface area contributed by atoms with Gasteiger partial charge in [0.2, 0.25) is 0 Å². The number of hydrogen-bond donors (Lipinski definition) is 0. The number of Topliss-reactive ketones (excluding diaryl/α,β-unsaturated/α-hetero) is 1. The van der Waals surface area contributed by atoms with Crippen LogP contribution in [-0.2, 0) is 6.18 Å². The van der Waals surface area contributed by atoms with Gasteiger partial charge < -0.3 is 0 Å². The molecule has 162 valence electrons. The van der Waals surface area contributed by atoms with Crippen LogP contribution in [0.4, 0.5) is 30.7 Å². The second-order valence-corrected chi connectivity index (χ2v) is 7.34. The Morgan fingerprint density at radius 1 is 0.967 bits per heavy atom. The van der Waals surface area contributed by atoms with E-state index in [-0.39, 0.29) is 27.2 Å². The fourth-order valence-corrected chi connectivity index (χ4v) is 3.22. The summed E-state index contributed by atoms with van der Waals surface area (Å²) in [6, 6.07) is 3.42. The zero-order valence-corrected chi connectivity index (χ0v) is 17.0. The van der Waals surface area contributed by atoms with E-state index in [0.29, 0.717) is 6.07 Å². The molecule has 0 amide bonds. The van der Waals surface area contributed by atoms with Crippen molar-refractivity contribution in [1.82, 2.24) is 0 Å². The zero-order valence-electron chi connectivity index (χ0n) is 14.7. The van der Waals surface area contributed by atoms with Crippen LogP contribution in [0, 0.1) is 0 Å². The van der Waals surface area contributed by atoms with Crippen LogP contribution >= 0.6 is 34.8 Å². The molecule has 0 saturated heterocycles. The topological polar surface area (TPSA) is 17.1 Å². The summed E-state index contributed by atoms with van der Waals surface area (Å²) in [7, 11) is 0. The Morgan fingerprint density at radius 3 is 1.93 bits per heavy atom. The molecular formula is C19H10Cl3F7O. The molecule has 2 aromatic carbocycles. The first-order chi connectivity index (χ1) is 13.6. The van der Waals surface area contributed by atoms with E-state index in [1.165, 1.54) is 0 Å². The first-order valence-electron chi connectivity index (χ1n) is 7.94. The molecule has 2 aromatic rings. The lowest BCUT2D eigenvalue weighted by Crippen LogP contribution is -2.19. The van der Waals surface area contributed by atoms with E-state index in [1.54, 1.807) is 0 Å². The number of alkyl halides is 6. The second kappa shape index (κ2) is 8.77. The summed E-state index contributed by atoms with van der Waals surface area (Å²) in [6.45, 7) is 0.879. The van der Waals surface area contributed by atoms with Crippen molar-refractivity contribution in [2.24, 2.45) is 0 Å². The lowest BCUT2D eigenvalue weighted by molar-refractivity contribution is -0.140. The molecule has 30 heavy (non-hydrogen) atoms. The van der Waals surface area contributed by atoms with E-state index in [9.17, 15) is 35.5 Å². The third kappa shape index (κ3) is 5.47. The molecule has 11 heteroatoms. The number of carbonyl (C=O) groups excluding carboxylic acids is 1. The SMILES string of the molecule is CC(=O)c1ccc(/C(F)=C\C(c2cc(Cl)c(Cl)c(Cl)c2)C(F)(F)F)cc1C(F)(F)F. The molecule has 0 N–H and O–H groups in total. The van der Waals surface area contributed by atoms with Crippen molar-refractivity contribution in [3.8, 4) is 0 Å². The Bertz CT molecular complexity index is 987. The molecule has 1 atom stereocenters. The standard InChI is InChI=1S/C19H10Cl3F7O/c1-8(30)11-3-2-9(4-13(11)19(27,28)29)16(23)7-12(18(24,25)26)10-5-14(20)17(22)15(21)6-10/h2-7,12H,1H3/b16-7+. The fourth-order valence-electron chi connectivity index (χ4n) is 2.61. The number of benzene rings is 2. The Kier molecular flexibility index (Phi) is 7.16. The summed E-state index contributed by atoms with van der Waals surface area (Å²) in [5.41, 5.74) is -3.54. The van der Waals surface area contributed by atoms with Crippen molar-refractivity contribution in [3.05, 3.63) is 73.7 Å². The van der Waals surface area contributed by atoms with Crippen LogP contribution in [0.1, 0.15) is 39.9 Å². The Balaban J connectivity index is 2.62. The van der Waals surface area contributed by atoms with Crippen LogP contribution in [0.15, 0.2) is 36.4 Å². The Morgan fingerprint density at radius 2 is 1.50 bits per heavy atom. The van der Waals surface area contributed by atoms with Crippen molar-refractivity contribution in [2.45, 2.75) is 25.2 Å². The van der Waals surface area contributed by atoms with Gasteiger partial charge in [-0.3, -0.25) is 4.79 Å². The van der Waals surface area contributed by atoms with E-state index in [4.69, 9.17) is 34.8 Å². The molecule has 1 nitrogen and oxygen atoms in total. The van der Waals surface area contributed by atoms with Crippen molar-refractivity contribution < 1.29 is 35.5 Å². The summed E-state index contributed by atoms with van der Waals surface area (Å²) < 4.78 is 94.7. The number of hydrogen-bond acceptors (Lipinski definition) is 1. The van der Waals surface area contributed by atoms with Gasteiger partial charge in [0.15, 0.2) is 5.78 Å². The van der Waals surface area contributed by atoms with E-state index in [2.05, 4.69) is 0 Å². The van der Waals surface area contributed by atoms with E-state index in [1.807, 2.05) is 0 Å². The van der Waals surface area contributed by atoms with E-state index < -0.39 is 52.1 Å². The third-order valence-electron chi connectivity index (χ3n) is 4.01. The molecule has 0 heterocycles. The Hall–Kier alpha value is -1.77. The summed E-state index contributed by atoms with van der Waals surface area (Å²) in [4.78, 5) is 11.4. The first kappa shape index (κ1) is 24.5. The van der Waals surface area contributed by atoms with Gasteiger partial charge in [0, 0.05) is 11.1 Å². The molecule has 0 fully saturated rings. The lowest BCUT2D eigenvalue weighted by atomic mass is 9.95. The smallest absolute Gasteiger partial charge is 0.294 e. The molecule has 0 spiro atoms. The predicted molar refractivity (Wildman–Crippen MR) is 101 cm³/mol. The zero-order chi connectivity index (χ0) is 23.0. The van der Waals surface area contributed by atoms with Gasteiger partial charge in [-0.1, -0.05) is 46.9 Å². The highest BCUT2D eigenvalue weighted by Crippen LogP contribution is 2.42. The summed E-state index contributed by atoms with van der Waals surface area (Å²) in [5.74, 6) is -5.09. The summed E-state index contributed by atoms with van der Waals surface area (Å²) in [5, 5.41) is -0.832. The minimum atomic E-state index is -5.02. The average molecular weight is 494 g/mol. The molecule has 1 unspecified atom stereocenters. The lowest BCUT2D eigenvalue weighted by Gasteiger charge is -2.19. The normalized spacial score (nSPS) is 14.0. The number of carbonyl (C=O) groups is 1. The molecule has 2 rings (SSSR count). The summed E-state index contributed by atoms with van der Waals surface area (Å²) >= 11 is 17.2. The van der Waals surface area contributed by atoms with E-state index >= 15 is 0 Å². The number of allylic oxidation sites excluding steroid dienone is 1. The maximum absolute atomic E-state index is 14.6. The molecule has 0 bridgehead atoms. The van der Waals surface area contributed by atoms with Crippen LogP contribution in [0.5, 0.6) is 0 Å². The van der Waals surface area contributed by atoms with Crippen LogP contribution in [-0.4, -0.2) is 12.0 Å². The van der Waals surface area contributed by atoms with Gasteiger partial charge >= 0.3 is 12.4 Å². The minimum Gasteiger partial charge on any atom is -0.294 e. The molecule has 0 aliphatic heterocycles. The van der Waals surface area contributed by atoms with Gasteiger partial charge in [-0.25, -0.2) is 4.39 Å². The maximum atomic E-state index is 14.6. The van der Waals surface area contributed by atoms with Crippen molar-refractivity contribution in [2.75, 3.05) is 0 Å². The van der Waals surface area contributed by atoms with Crippen LogP contribution in [0.2, 0.25) is 15.1 Å². The third-order valence-corrected chi connectivity index (χ3v) is 5.21. The molecule has 0 radical (unpaired) electrons. The molecule has 0 saturated carbocycles. The quantitative estimate of drug-likeness (QED) is 0.237. The Labute approximate surface area is 181 Å². The monoisotopic (exact) mass is 492 g/mol. The van der Waals surface area contributed by atoms with Crippen LogP contribution in [0.25, 0.3) is 5.83 Å². The highest BCUT2D eigenvalue weighted by Gasteiger charge is 2.41. The van der Waals surface area contributed by atoms with Gasteiger partial charge in [0.25, 0.3) is 0 Å². The highest BCUT2D eigenvalue weighted by molar-refractivity contribution is 6.48. The molecule has 0 aliphatic carbocycles. The average Bonchev–Trinajstić information content (AvgIpc) is 2.61. The summed E-state index contributed by atoms with van der Waals surface area (Å²) in [6.07, 6.45) is -9.94. The van der Waals surface area contributed by atoms with Crippen molar-refractivity contribution >= 4 is 46.4 Å². The number of halogens is 10. The number of ketones is 1. The van der Waals surface area contributed by atoms with Crippen LogP contribution in [0.3, 0.4) is 0 Å². The molecule has 0 aromatic heterocycles. The largest absolute Gasteiger partial charge is 0.417 e. The van der Waals surface area contributed by atoms with Gasteiger partial charge in [-0.15, -0.1) is 0 Å².